The van der Waals surface area contributed by atoms with Crippen LogP contribution in [0.4, 0.5) is 0 Å². The van der Waals surface area contributed by atoms with Crippen LogP contribution >= 0.6 is 0 Å². The molecule has 0 amide bonds. The van der Waals surface area contributed by atoms with Gasteiger partial charge in [-0.15, -0.1) is 0 Å². The van der Waals surface area contributed by atoms with Gasteiger partial charge in [0.2, 0.25) is 0 Å². The summed E-state index contributed by atoms with van der Waals surface area (Å²) in [7, 11) is 0. The number of fused-ring (bicyclic) bond motifs is 4. The molecule has 0 saturated heterocycles. The molecule has 4 heterocycles. The molecule has 2 aromatic heterocycles. The maximum atomic E-state index is 6.60. The maximum Gasteiger partial charge on any atom is 0.260 e. The highest BCUT2D eigenvalue weighted by Gasteiger charge is 2.40. The average Bonchev–Trinajstić information content (AvgIpc) is 3.05. The lowest BCUT2D eigenvalue weighted by molar-refractivity contribution is 0.463. The predicted molar refractivity (Wildman–Crippen MR) is 177 cm³/mol. The van der Waals surface area contributed by atoms with Crippen LogP contribution in [0.1, 0.15) is 63.1 Å². The molecule has 43 heavy (non-hydrogen) atoms. The fourth-order valence-corrected chi connectivity index (χ4v) is 6.42. The molecule has 0 spiro atoms. The van der Waals surface area contributed by atoms with Crippen molar-refractivity contribution in [3.63, 3.8) is 0 Å². The van der Waals surface area contributed by atoms with Crippen LogP contribution < -0.4 is 25.9 Å². The lowest BCUT2D eigenvalue weighted by atomic mass is 9.34. The van der Waals surface area contributed by atoms with Crippen molar-refractivity contribution in [1.29, 1.82) is 0 Å². The summed E-state index contributed by atoms with van der Waals surface area (Å²) in [5.74, 6) is 3.55. The van der Waals surface area contributed by atoms with Crippen LogP contribution in [-0.2, 0) is 19.3 Å². The molecular formula is C38H37BN2O2. The Labute approximate surface area is 255 Å². The third-order valence-electron chi connectivity index (χ3n) is 8.82. The van der Waals surface area contributed by atoms with E-state index in [0.29, 0.717) is 0 Å². The van der Waals surface area contributed by atoms with Gasteiger partial charge in [0.1, 0.15) is 23.0 Å². The number of nitrogens with zero attached hydrogens (tertiary/aromatic N) is 2. The van der Waals surface area contributed by atoms with Gasteiger partial charge in [-0.3, -0.25) is 9.97 Å². The van der Waals surface area contributed by atoms with Crippen molar-refractivity contribution in [1.82, 2.24) is 9.97 Å². The standard InChI is InChI=1S/C38H37BN2O2/c1-4-7-9-26-15-17-40-32(19-26)28-11-13-34-30(23-28)39-31-24-29(33-20-27(10-8-5-2)16-18-41-33)12-14-35(31)43-37-22-25(6-3)21-36(42-34)38(37)39/h11-24H,4-10H2,1-3H3. The fourth-order valence-electron chi connectivity index (χ4n) is 6.42. The van der Waals surface area contributed by atoms with Crippen molar-refractivity contribution in [2.24, 2.45) is 0 Å². The van der Waals surface area contributed by atoms with E-state index in [-0.39, 0.29) is 6.71 Å². The number of ether oxygens (including phenoxy) is 2. The van der Waals surface area contributed by atoms with Gasteiger partial charge in [0.25, 0.3) is 6.71 Å². The van der Waals surface area contributed by atoms with E-state index in [0.717, 1.165) is 81.2 Å². The number of rotatable bonds is 9. The zero-order valence-electron chi connectivity index (χ0n) is 25.3. The molecule has 214 valence electrons. The number of hydrogen-bond acceptors (Lipinski definition) is 4. The van der Waals surface area contributed by atoms with Crippen LogP contribution in [0.5, 0.6) is 23.0 Å². The first-order valence-corrected chi connectivity index (χ1v) is 15.9. The third kappa shape index (κ3) is 5.22. The van der Waals surface area contributed by atoms with Crippen LogP contribution in [0.2, 0.25) is 0 Å². The summed E-state index contributed by atoms with van der Waals surface area (Å²) in [6, 6.07) is 26.2. The van der Waals surface area contributed by atoms with Crippen molar-refractivity contribution in [2.75, 3.05) is 0 Å². The van der Waals surface area contributed by atoms with Gasteiger partial charge in [0, 0.05) is 17.9 Å². The Morgan fingerprint density at radius 3 is 1.53 bits per heavy atom. The van der Waals surface area contributed by atoms with Crippen LogP contribution in [-0.4, -0.2) is 16.7 Å². The second-order valence-corrected chi connectivity index (χ2v) is 11.8. The van der Waals surface area contributed by atoms with Gasteiger partial charge in [-0.25, -0.2) is 0 Å². The third-order valence-corrected chi connectivity index (χ3v) is 8.82. The molecule has 0 saturated carbocycles. The molecule has 5 heteroatoms. The van der Waals surface area contributed by atoms with E-state index in [2.05, 4.69) is 93.6 Å². The molecule has 0 radical (unpaired) electrons. The Kier molecular flexibility index (Phi) is 7.48. The lowest BCUT2D eigenvalue weighted by Crippen LogP contribution is -2.57. The van der Waals surface area contributed by atoms with Gasteiger partial charge >= 0.3 is 0 Å². The summed E-state index contributed by atoms with van der Waals surface area (Å²) in [5, 5.41) is 0. The van der Waals surface area contributed by atoms with E-state index in [1.54, 1.807) is 0 Å². The summed E-state index contributed by atoms with van der Waals surface area (Å²) in [6.07, 6.45) is 11.6. The molecule has 5 aromatic rings. The summed E-state index contributed by atoms with van der Waals surface area (Å²) in [5.41, 5.74) is 11.4. The Morgan fingerprint density at radius 1 is 0.558 bits per heavy atom. The molecule has 0 N–H and O–H groups in total. The van der Waals surface area contributed by atoms with E-state index in [9.17, 15) is 0 Å². The Hall–Kier alpha value is -4.38. The zero-order valence-corrected chi connectivity index (χ0v) is 25.3. The minimum absolute atomic E-state index is 0.0187. The molecule has 4 nitrogen and oxygen atoms in total. The van der Waals surface area contributed by atoms with Gasteiger partial charge in [-0.05, 0) is 132 Å². The van der Waals surface area contributed by atoms with Crippen LogP contribution in [0.3, 0.4) is 0 Å². The van der Waals surface area contributed by atoms with E-state index < -0.39 is 0 Å². The van der Waals surface area contributed by atoms with Gasteiger partial charge < -0.3 is 9.47 Å². The highest BCUT2D eigenvalue weighted by atomic mass is 16.5. The number of benzene rings is 3. The van der Waals surface area contributed by atoms with E-state index in [4.69, 9.17) is 19.4 Å². The van der Waals surface area contributed by atoms with Gasteiger partial charge in [0.05, 0.1) is 11.4 Å². The molecule has 3 aromatic carbocycles. The number of unbranched alkanes of at least 4 members (excludes halogenated alkanes) is 2. The normalized spacial score (nSPS) is 12.6. The first-order valence-electron chi connectivity index (χ1n) is 15.9. The Morgan fingerprint density at radius 2 is 1.07 bits per heavy atom. The highest BCUT2D eigenvalue weighted by molar-refractivity contribution is 6.98. The first kappa shape index (κ1) is 27.5. The summed E-state index contributed by atoms with van der Waals surface area (Å²) >= 11 is 0. The molecule has 0 fully saturated rings. The predicted octanol–water partition coefficient (Wildman–Crippen LogP) is 7.79. The molecular weight excluding hydrogens is 527 g/mol. The van der Waals surface area contributed by atoms with Crippen molar-refractivity contribution >= 4 is 23.1 Å². The summed E-state index contributed by atoms with van der Waals surface area (Å²) < 4.78 is 13.2. The Balaban J connectivity index is 1.36. The van der Waals surface area contributed by atoms with Crippen LogP contribution in [0.15, 0.2) is 85.2 Å². The quantitative estimate of drug-likeness (QED) is 0.168. The van der Waals surface area contributed by atoms with E-state index in [1.165, 1.54) is 42.4 Å². The molecule has 7 rings (SSSR count). The summed E-state index contributed by atoms with van der Waals surface area (Å²) in [4.78, 5) is 9.54. The molecule has 0 aliphatic carbocycles. The fraction of sp³-hybridized carbons (Fsp3) is 0.263. The smallest absolute Gasteiger partial charge is 0.260 e. The van der Waals surface area contributed by atoms with Gasteiger partial charge in [-0.1, -0.05) is 45.7 Å². The SMILES string of the molecule is CCCCc1ccnc(-c2ccc3c(c2)B2c4cc(-c5cc(CCCC)ccn5)ccc4Oc4cc(CC)cc(c42)O3)c1. The second kappa shape index (κ2) is 11.7. The Bertz CT molecular complexity index is 1690. The molecule has 0 atom stereocenters. The van der Waals surface area contributed by atoms with Crippen molar-refractivity contribution in [3.8, 4) is 45.5 Å². The van der Waals surface area contributed by atoms with Crippen molar-refractivity contribution < 1.29 is 9.47 Å². The van der Waals surface area contributed by atoms with Crippen molar-refractivity contribution in [3.05, 3.63) is 102 Å². The number of aromatic nitrogens is 2. The largest absolute Gasteiger partial charge is 0.458 e. The van der Waals surface area contributed by atoms with Gasteiger partial charge in [-0.2, -0.15) is 0 Å². The molecule has 0 unspecified atom stereocenters. The average molecular weight is 565 g/mol. The molecule has 2 aliphatic rings. The highest BCUT2D eigenvalue weighted by Crippen LogP contribution is 2.37. The monoisotopic (exact) mass is 564 g/mol. The lowest BCUT2D eigenvalue weighted by Gasteiger charge is -2.33. The van der Waals surface area contributed by atoms with E-state index in [1.807, 2.05) is 12.4 Å². The van der Waals surface area contributed by atoms with Crippen molar-refractivity contribution in [2.45, 2.75) is 65.7 Å². The topological polar surface area (TPSA) is 44.2 Å². The molecule has 0 bridgehead atoms. The number of hydrogen-bond donors (Lipinski definition) is 0. The minimum Gasteiger partial charge on any atom is -0.458 e. The van der Waals surface area contributed by atoms with Crippen LogP contribution in [0, 0.1) is 0 Å². The number of pyridine rings is 2. The molecule has 2 aliphatic heterocycles. The maximum absolute atomic E-state index is 6.60. The van der Waals surface area contributed by atoms with E-state index >= 15 is 0 Å². The number of aryl methyl sites for hydroxylation is 3. The zero-order chi connectivity index (χ0) is 29.3. The summed E-state index contributed by atoms with van der Waals surface area (Å²) in [6.45, 7) is 6.62. The second-order valence-electron chi connectivity index (χ2n) is 11.8. The van der Waals surface area contributed by atoms with Gasteiger partial charge in [0.15, 0.2) is 0 Å². The minimum atomic E-state index is -0.0187. The first-order chi connectivity index (χ1) is 21.1. The van der Waals surface area contributed by atoms with Crippen LogP contribution in [0.25, 0.3) is 22.5 Å².